The van der Waals surface area contributed by atoms with Crippen LogP contribution >= 0.6 is 11.6 Å². The molecule has 4 heteroatoms. The molecular formula is C12H12ClFO2. The molecule has 1 aromatic carbocycles. The van der Waals surface area contributed by atoms with Gasteiger partial charge in [-0.15, -0.1) is 11.6 Å². The molecule has 86 valence electrons. The number of rotatable bonds is 4. The third-order valence-electron chi connectivity index (χ3n) is 1.78. The number of methoxy groups -OCH3 is 1. The summed E-state index contributed by atoms with van der Waals surface area (Å²) in [7, 11) is 1.56. The van der Waals surface area contributed by atoms with Crippen LogP contribution in [0, 0.1) is 17.7 Å². The summed E-state index contributed by atoms with van der Waals surface area (Å²) < 4.78 is 23.3. The van der Waals surface area contributed by atoms with E-state index >= 15 is 0 Å². The minimum atomic E-state index is -0.410. The van der Waals surface area contributed by atoms with Gasteiger partial charge < -0.3 is 9.47 Å². The molecule has 0 saturated heterocycles. The molecular weight excluding hydrogens is 231 g/mol. The number of alkyl halides is 1. The van der Waals surface area contributed by atoms with Crippen LogP contribution < -0.4 is 4.74 Å². The van der Waals surface area contributed by atoms with Gasteiger partial charge >= 0.3 is 0 Å². The molecule has 0 unspecified atom stereocenters. The van der Waals surface area contributed by atoms with Gasteiger partial charge in [-0.1, -0.05) is 11.8 Å². The van der Waals surface area contributed by atoms with Gasteiger partial charge in [-0.3, -0.25) is 0 Å². The highest BCUT2D eigenvalue weighted by Crippen LogP contribution is 2.18. The number of benzene rings is 1. The Kier molecular flexibility index (Phi) is 5.69. The summed E-state index contributed by atoms with van der Waals surface area (Å²) >= 11 is 5.43. The van der Waals surface area contributed by atoms with E-state index in [1.165, 1.54) is 6.07 Å². The van der Waals surface area contributed by atoms with Crippen LogP contribution in [0.1, 0.15) is 5.56 Å². The van der Waals surface area contributed by atoms with E-state index in [1.807, 2.05) is 0 Å². The summed E-state index contributed by atoms with van der Waals surface area (Å²) in [6.07, 6.45) is 0. The fraction of sp³-hybridized carbons (Fsp3) is 0.333. The molecule has 1 rings (SSSR count). The molecule has 0 atom stereocenters. The lowest BCUT2D eigenvalue weighted by Gasteiger charge is -2.06. The topological polar surface area (TPSA) is 18.5 Å². The second-order valence-corrected chi connectivity index (χ2v) is 3.19. The Morgan fingerprint density at radius 2 is 2.19 bits per heavy atom. The van der Waals surface area contributed by atoms with Crippen LogP contribution in [0.25, 0.3) is 0 Å². The van der Waals surface area contributed by atoms with Crippen molar-refractivity contribution < 1.29 is 13.9 Å². The summed E-state index contributed by atoms with van der Waals surface area (Å²) in [5, 5.41) is 0. The minimum absolute atomic E-state index is 0.179. The van der Waals surface area contributed by atoms with E-state index in [9.17, 15) is 4.39 Å². The maximum atomic E-state index is 13.3. The molecule has 16 heavy (non-hydrogen) atoms. The van der Waals surface area contributed by atoms with Crippen LogP contribution in [0.5, 0.6) is 5.75 Å². The number of halogens is 2. The highest BCUT2D eigenvalue weighted by Gasteiger charge is 2.03. The predicted octanol–water partition coefficient (Wildman–Crippen LogP) is 2.44. The third-order valence-corrected chi connectivity index (χ3v) is 1.91. The van der Waals surface area contributed by atoms with E-state index in [0.29, 0.717) is 18.8 Å². The minimum Gasteiger partial charge on any atom is -0.488 e. The van der Waals surface area contributed by atoms with Crippen molar-refractivity contribution in [3.05, 3.63) is 29.6 Å². The van der Waals surface area contributed by atoms with Gasteiger partial charge in [0.1, 0.15) is 6.61 Å². The monoisotopic (exact) mass is 242 g/mol. The lowest BCUT2D eigenvalue weighted by molar-refractivity contribution is 0.144. The predicted molar refractivity (Wildman–Crippen MR) is 61.4 cm³/mol. The van der Waals surface area contributed by atoms with Gasteiger partial charge in [0, 0.05) is 12.7 Å². The van der Waals surface area contributed by atoms with Crippen LogP contribution in [-0.2, 0) is 4.74 Å². The average molecular weight is 243 g/mol. The largest absolute Gasteiger partial charge is 0.488 e. The van der Waals surface area contributed by atoms with Gasteiger partial charge in [-0.05, 0) is 18.2 Å². The third kappa shape index (κ3) is 4.09. The average Bonchev–Trinajstić information content (AvgIpc) is 2.30. The van der Waals surface area contributed by atoms with Gasteiger partial charge in [-0.25, -0.2) is 4.39 Å². The van der Waals surface area contributed by atoms with E-state index < -0.39 is 5.82 Å². The van der Waals surface area contributed by atoms with Crippen molar-refractivity contribution >= 4 is 11.6 Å². The van der Waals surface area contributed by atoms with Crippen molar-refractivity contribution in [2.75, 3.05) is 26.2 Å². The van der Waals surface area contributed by atoms with E-state index in [-0.39, 0.29) is 11.6 Å². The standard InChI is InChI=1S/C12H12ClFO2/c1-15-7-8-16-12-9-10(3-2-6-13)4-5-11(12)14/h4-5,9H,6-8H2,1H3. The Bertz CT molecular complexity index is 396. The second-order valence-electron chi connectivity index (χ2n) is 2.92. The van der Waals surface area contributed by atoms with E-state index in [4.69, 9.17) is 21.1 Å². The Balaban J connectivity index is 2.74. The first-order valence-electron chi connectivity index (χ1n) is 4.74. The normalized spacial score (nSPS) is 9.44. The zero-order valence-electron chi connectivity index (χ0n) is 8.93. The smallest absolute Gasteiger partial charge is 0.165 e. The molecule has 0 radical (unpaired) electrons. The Labute approximate surface area is 99.3 Å². The molecule has 0 N–H and O–H groups in total. The maximum absolute atomic E-state index is 13.3. The first-order valence-corrected chi connectivity index (χ1v) is 5.27. The molecule has 0 heterocycles. The van der Waals surface area contributed by atoms with Crippen LogP contribution in [0.4, 0.5) is 4.39 Å². The molecule has 0 amide bonds. The van der Waals surface area contributed by atoms with Crippen molar-refractivity contribution in [2.24, 2.45) is 0 Å². The molecule has 0 aliphatic rings. The zero-order chi connectivity index (χ0) is 11.8. The molecule has 1 aromatic rings. The summed E-state index contributed by atoms with van der Waals surface area (Å²) in [6, 6.07) is 4.45. The SMILES string of the molecule is COCCOc1cc(C#CCCl)ccc1F. The van der Waals surface area contributed by atoms with Crippen molar-refractivity contribution in [2.45, 2.75) is 0 Å². The number of ether oxygens (including phenoxy) is 2. The molecule has 0 fully saturated rings. The van der Waals surface area contributed by atoms with Gasteiger partial charge in [0.05, 0.1) is 12.5 Å². The Morgan fingerprint density at radius 3 is 2.88 bits per heavy atom. The van der Waals surface area contributed by atoms with Crippen LogP contribution in [0.2, 0.25) is 0 Å². The van der Waals surface area contributed by atoms with Gasteiger partial charge in [0.25, 0.3) is 0 Å². The Morgan fingerprint density at radius 1 is 1.38 bits per heavy atom. The summed E-state index contributed by atoms with van der Waals surface area (Å²) in [6.45, 7) is 0.719. The zero-order valence-corrected chi connectivity index (χ0v) is 9.68. The molecule has 0 spiro atoms. The molecule has 2 nitrogen and oxygen atoms in total. The van der Waals surface area contributed by atoms with Crippen molar-refractivity contribution in [3.8, 4) is 17.6 Å². The molecule has 0 bridgehead atoms. The number of hydrogen-bond acceptors (Lipinski definition) is 2. The fourth-order valence-corrected chi connectivity index (χ4v) is 1.13. The highest BCUT2D eigenvalue weighted by molar-refractivity contribution is 6.19. The van der Waals surface area contributed by atoms with E-state index in [0.717, 1.165) is 0 Å². The molecule has 0 saturated carbocycles. The first kappa shape index (κ1) is 12.8. The van der Waals surface area contributed by atoms with Crippen molar-refractivity contribution in [1.82, 2.24) is 0 Å². The van der Waals surface area contributed by atoms with Gasteiger partial charge in [-0.2, -0.15) is 0 Å². The van der Waals surface area contributed by atoms with Crippen LogP contribution in [-0.4, -0.2) is 26.2 Å². The molecule has 0 aromatic heterocycles. The summed E-state index contributed by atoms with van der Waals surface area (Å²) in [4.78, 5) is 0. The lowest BCUT2D eigenvalue weighted by atomic mass is 10.2. The fourth-order valence-electron chi connectivity index (χ4n) is 1.06. The van der Waals surface area contributed by atoms with Crippen molar-refractivity contribution in [3.63, 3.8) is 0 Å². The molecule has 0 aliphatic heterocycles. The van der Waals surface area contributed by atoms with E-state index in [1.54, 1.807) is 19.2 Å². The summed E-state index contributed by atoms with van der Waals surface area (Å²) in [5.41, 5.74) is 0.675. The maximum Gasteiger partial charge on any atom is 0.165 e. The van der Waals surface area contributed by atoms with Crippen LogP contribution in [0.3, 0.4) is 0 Å². The number of hydrogen-bond donors (Lipinski definition) is 0. The van der Waals surface area contributed by atoms with Gasteiger partial charge in [0.2, 0.25) is 0 Å². The highest BCUT2D eigenvalue weighted by atomic mass is 35.5. The van der Waals surface area contributed by atoms with Gasteiger partial charge in [0.15, 0.2) is 11.6 Å². The van der Waals surface area contributed by atoms with Crippen LogP contribution in [0.15, 0.2) is 18.2 Å². The summed E-state index contributed by atoms with van der Waals surface area (Å²) in [5.74, 6) is 5.50. The quantitative estimate of drug-likeness (QED) is 0.459. The Hall–Kier alpha value is -1.24. The second kappa shape index (κ2) is 7.10. The lowest BCUT2D eigenvalue weighted by Crippen LogP contribution is -2.05. The first-order chi connectivity index (χ1) is 7.77. The van der Waals surface area contributed by atoms with E-state index in [2.05, 4.69) is 11.8 Å². The van der Waals surface area contributed by atoms with Crippen molar-refractivity contribution in [1.29, 1.82) is 0 Å². The molecule has 0 aliphatic carbocycles.